The van der Waals surface area contributed by atoms with Gasteiger partial charge in [-0.05, 0) is 48.3 Å². The number of carbonyl (C=O) groups excluding carboxylic acids is 1. The van der Waals surface area contributed by atoms with E-state index in [2.05, 4.69) is 17.4 Å². The maximum Gasteiger partial charge on any atom is 0.224 e. The van der Waals surface area contributed by atoms with Gasteiger partial charge in [-0.15, -0.1) is 0 Å². The van der Waals surface area contributed by atoms with Crippen LogP contribution in [0.4, 0.5) is 0 Å². The molecule has 2 aliphatic rings. The molecule has 29 heavy (non-hydrogen) atoms. The fourth-order valence-corrected chi connectivity index (χ4v) is 5.77. The average molecular weight is 413 g/mol. The van der Waals surface area contributed by atoms with Crippen molar-refractivity contribution in [2.45, 2.75) is 37.4 Å². The Morgan fingerprint density at radius 1 is 0.897 bits per heavy atom. The fourth-order valence-electron chi connectivity index (χ4n) is 3.90. The smallest absolute Gasteiger partial charge is 0.224 e. The van der Waals surface area contributed by atoms with Crippen molar-refractivity contribution < 1.29 is 13.2 Å². The van der Waals surface area contributed by atoms with Gasteiger partial charge in [-0.3, -0.25) is 4.79 Å². The standard InChI is InChI=1S/C23H28N2O3S/c26-23(16-18-6-8-21(9-7-18)20-4-2-1-3-5-20)24-17-19-12-14-25(15-13-19)29(27,28)22-10-11-22/h1-9,19,22H,10-17H2,(H,24,26). The highest BCUT2D eigenvalue weighted by atomic mass is 32.2. The van der Waals surface area contributed by atoms with E-state index >= 15 is 0 Å². The molecule has 2 fully saturated rings. The molecule has 0 bridgehead atoms. The van der Waals surface area contributed by atoms with Crippen LogP contribution >= 0.6 is 0 Å². The molecule has 1 saturated heterocycles. The minimum Gasteiger partial charge on any atom is -0.356 e. The largest absolute Gasteiger partial charge is 0.356 e. The second-order valence-electron chi connectivity index (χ2n) is 8.13. The second-order valence-corrected chi connectivity index (χ2v) is 10.3. The molecule has 0 aromatic heterocycles. The molecular formula is C23H28N2O3S. The molecule has 4 rings (SSSR count). The number of nitrogens with zero attached hydrogens (tertiary/aromatic N) is 1. The summed E-state index contributed by atoms with van der Waals surface area (Å²) in [6, 6.07) is 18.3. The predicted octanol–water partition coefficient (Wildman–Crippen LogP) is 3.22. The first-order chi connectivity index (χ1) is 14.0. The molecule has 1 aliphatic carbocycles. The van der Waals surface area contributed by atoms with Gasteiger partial charge in [0.25, 0.3) is 0 Å². The lowest BCUT2D eigenvalue weighted by atomic mass is 9.98. The Morgan fingerprint density at radius 2 is 1.52 bits per heavy atom. The summed E-state index contributed by atoms with van der Waals surface area (Å²) in [5.74, 6) is 0.371. The number of benzene rings is 2. The predicted molar refractivity (Wildman–Crippen MR) is 115 cm³/mol. The van der Waals surface area contributed by atoms with Crippen molar-refractivity contribution in [3.8, 4) is 11.1 Å². The zero-order valence-electron chi connectivity index (χ0n) is 16.6. The van der Waals surface area contributed by atoms with E-state index < -0.39 is 10.0 Å². The molecule has 0 radical (unpaired) electrons. The molecular weight excluding hydrogens is 384 g/mol. The summed E-state index contributed by atoms with van der Waals surface area (Å²) in [5.41, 5.74) is 3.30. The first-order valence-corrected chi connectivity index (χ1v) is 11.9. The van der Waals surface area contributed by atoms with E-state index in [1.807, 2.05) is 42.5 Å². The number of piperidine rings is 1. The topological polar surface area (TPSA) is 66.5 Å². The average Bonchev–Trinajstić information content (AvgIpc) is 3.60. The van der Waals surface area contributed by atoms with Crippen molar-refractivity contribution in [1.29, 1.82) is 0 Å². The number of hydrogen-bond donors (Lipinski definition) is 1. The minimum atomic E-state index is -3.06. The molecule has 2 aromatic carbocycles. The fraction of sp³-hybridized carbons (Fsp3) is 0.435. The molecule has 6 heteroatoms. The molecule has 0 atom stereocenters. The van der Waals surface area contributed by atoms with Gasteiger partial charge in [0.1, 0.15) is 0 Å². The van der Waals surface area contributed by atoms with Gasteiger partial charge >= 0.3 is 0 Å². The molecule has 0 unspecified atom stereocenters. The third kappa shape index (κ3) is 5.06. The van der Waals surface area contributed by atoms with Crippen molar-refractivity contribution in [3.63, 3.8) is 0 Å². The van der Waals surface area contributed by atoms with Gasteiger partial charge in [0.05, 0.1) is 11.7 Å². The van der Waals surface area contributed by atoms with E-state index in [0.29, 0.717) is 32.0 Å². The van der Waals surface area contributed by atoms with Crippen LogP contribution in [0.1, 0.15) is 31.2 Å². The number of hydrogen-bond acceptors (Lipinski definition) is 3. The van der Waals surface area contributed by atoms with Crippen LogP contribution in [0.25, 0.3) is 11.1 Å². The van der Waals surface area contributed by atoms with E-state index in [9.17, 15) is 13.2 Å². The Morgan fingerprint density at radius 3 is 2.14 bits per heavy atom. The van der Waals surface area contributed by atoms with Gasteiger partial charge in [-0.1, -0.05) is 54.6 Å². The Labute approximate surface area is 173 Å². The lowest BCUT2D eigenvalue weighted by molar-refractivity contribution is -0.120. The Bertz CT molecular complexity index is 930. The lowest BCUT2D eigenvalue weighted by Gasteiger charge is -2.31. The van der Waals surface area contributed by atoms with Crippen LogP contribution in [0.2, 0.25) is 0 Å². The number of amides is 1. The van der Waals surface area contributed by atoms with Crippen LogP contribution in [-0.4, -0.2) is 43.5 Å². The van der Waals surface area contributed by atoms with E-state index in [4.69, 9.17) is 0 Å². The lowest BCUT2D eigenvalue weighted by Crippen LogP contribution is -2.42. The Kier molecular flexibility index (Phi) is 6.01. The van der Waals surface area contributed by atoms with Crippen LogP contribution in [0.5, 0.6) is 0 Å². The zero-order chi connectivity index (χ0) is 20.3. The molecule has 5 nitrogen and oxygen atoms in total. The molecule has 2 aromatic rings. The number of rotatable bonds is 7. The monoisotopic (exact) mass is 412 g/mol. The van der Waals surface area contributed by atoms with Crippen LogP contribution in [0.3, 0.4) is 0 Å². The van der Waals surface area contributed by atoms with Crippen molar-refractivity contribution in [1.82, 2.24) is 9.62 Å². The highest BCUT2D eigenvalue weighted by Gasteiger charge is 2.41. The van der Waals surface area contributed by atoms with E-state index in [0.717, 1.165) is 36.8 Å². The maximum absolute atomic E-state index is 12.3. The molecule has 0 spiro atoms. The quantitative estimate of drug-likeness (QED) is 0.759. The van der Waals surface area contributed by atoms with Gasteiger partial charge < -0.3 is 5.32 Å². The summed E-state index contributed by atoms with van der Waals surface area (Å²) in [6.07, 6.45) is 3.62. The van der Waals surface area contributed by atoms with Crippen molar-refractivity contribution in [2.24, 2.45) is 5.92 Å². The number of sulfonamides is 1. The molecule has 1 aliphatic heterocycles. The molecule has 1 saturated carbocycles. The molecule has 154 valence electrons. The van der Waals surface area contributed by atoms with Gasteiger partial charge in [0.2, 0.25) is 15.9 Å². The number of carbonyl (C=O) groups is 1. The summed E-state index contributed by atoms with van der Waals surface area (Å²) >= 11 is 0. The first-order valence-electron chi connectivity index (χ1n) is 10.4. The van der Waals surface area contributed by atoms with Crippen molar-refractivity contribution in [3.05, 3.63) is 60.2 Å². The van der Waals surface area contributed by atoms with Gasteiger partial charge in [-0.2, -0.15) is 0 Å². The third-order valence-corrected chi connectivity index (χ3v) is 8.29. The van der Waals surface area contributed by atoms with Crippen LogP contribution in [-0.2, 0) is 21.2 Å². The highest BCUT2D eigenvalue weighted by molar-refractivity contribution is 7.90. The van der Waals surface area contributed by atoms with E-state index in [1.165, 1.54) is 5.56 Å². The van der Waals surface area contributed by atoms with E-state index in [1.54, 1.807) is 4.31 Å². The second kappa shape index (κ2) is 8.67. The Balaban J connectivity index is 1.21. The molecule has 1 heterocycles. The van der Waals surface area contributed by atoms with Crippen molar-refractivity contribution >= 4 is 15.9 Å². The summed E-state index contributed by atoms with van der Waals surface area (Å²) in [4.78, 5) is 12.3. The highest BCUT2D eigenvalue weighted by Crippen LogP contribution is 2.33. The Hall–Kier alpha value is -2.18. The van der Waals surface area contributed by atoms with Crippen LogP contribution in [0.15, 0.2) is 54.6 Å². The first kappa shape index (κ1) is 20.1. The summed E-state index contributed by atoms with van der Waals surface area (Å²) in [7, 11) is -3.06. The number of nitrogens with one attached hydrogen (secondary N) is 1. The van der Waals surface area contributed by atoms with Crippen molar-refractivity contribution in [2.75, 3.05) is 19.6 Å². The summed E-state index contributed by atoms with van der Waals surface area (Å²) < 4.78 is 26.2. The third-order valence-electron chi connectivity index (χ3n) is 5.89. The maximum atomic E-state index is 12.3. The SMILES string of the molecule is O=C(Cc1ccc(-c2ccccc2)cc1)NCC1CCN(S(=O)(=O)C2CC2)CC1. The molecule has 1 amide bonds. The summed E-state index contributed by atoms with van der Waals surface area (Å²) in [6.45, 7) is 1.79. The van der Waals surface area contributed by atoms with Gasteiger partial charge in [-0.25, -0.2) is 12.7 Å². The van der Waals surface area contributed by atoms with E-state index in [-0.39, 0.29) is 11.2 Å². The van der Waals surface area contributed by atoms with Gasteiger partial charge in [0.15, 0.2) is 0 Å². The molecule has 1 N–H and O–H groups in total. The normalized spacial score (nSPS) is 18.5. The zero-order valence-corrected chi connectivity index (χ0v) is 17.4. The summed E-state index contributed by atoms with van der Waals surface area (Å²) in [5, 5.41) is 2.90. The van der Waals surface area contributed by atoms with Crippen LogP contribution < -0.4 is 5.32 Å². The minimum absolute atomic E-state index is 0.0190. The van der Waals surface area contributed by atoms with Crippen LogP contribution in [0, 0.1) is 5.92 Å². The van der Waals surface area contributed by atoms with Gasteiger partial charge in [0, 0.05) is 19.6 Å².